The van der Waals surface area contributed by atoms with Crippen LogP contribution in [0.25, 0.3) is 23.1 Å². The molecule has 0 aliphatic rings. The van der Waals surface area contributed by atoms with Crippen molar-refractivity contribution in [2.24, 2.45) is 0 Å². The lowest BCUT2D eigenvalue weighted by Crippen LogP contribution is -2.10. The van der Waals surface area contributed by atoms with Crippen LogP contribution in [-0.2, 0) is 16.3 Å². The number of rotatable bonds is 12. The van der Waals surface area contributed by atoms with Crippen LogP contribution in [0.15, 0.2) is 108 Å². The third kappa shape index (κ3) is 8.51. The summed E-state index contributed by atoms with van der Waals surface area (Å²) >= 11 is 13.8. The molecule has 0 saturated carbocycles. The molecule has 0 bridgehead atoms. The van der Waals surface area contributed by atoms with Crippen molar-refractivity contribution in [3.8, 4) is 0 Å². The summed E-state index contributed by atoms with van der Waals surface area (Å²) < 4.78 is 26.4. The number of hydrogen-bond donors (Lipinski definition) is 1. The van der Waals surface area contributed by atoms with Crippen molar-refractivity contribution in [2.75, 3.05) is 11.5 Å². The van der Waals surface area contributed by atoms with Crippen molar-refractivity contribution in [1.29, 1.82) is 0 Å². The Morgan fingerprint density at radius 3 is 2.34 bits per heavy atom. The van der Waals surface area contributed by atoms with E-state index in [0.717, 1.165) is 45.5 Å². The highest BCUT2D eigenvalue weighted by Crippen LogP contribution is 2.35. The lowest BCUT2D eigenvalue weighted by atomic mass is 10.1. The number of aromatic nitrogens is 1. The van der Waals surface area contributed by atoms with Crippen LogP contribution in [0.5, 0.6) is 0 Å². The zero-order valence-electron chi connectivity index (χ0n) is 23.6. The number of fused-ring (bicyclic) bond motifs is 1. The second-order valence-corrected chi connectivity index (χ2v) is 14.5. The van der Waals surface area contributed by atoms with Gasteiger partial charge in [0, 0.05) is 20.7 Å². The van der Waals surface area contributed by atoms with Gasteiger partial charge in [-0.25, -0.2) is 18.2 Å². The third-order valence-electron chi connectivity index (χ3n) is 7.14. The van der Waals surface area contributed by atoms with Crippen molar-refractivity contribution < 1.29 is 18.3 Å². The Morgan fingerprint density at radius 2 is 1.59 bits per heavy atom. The predicted molar refractivity (Wildman–Crippen MR) is 183 cm³/mol. The van der Waals surface area contributed by atoms with E-state index in [2.05, 4.69) is 6.07 Å². The minimum atomic E-state index is -3.51. The molecule has 1 atom stereocenters. The largest absolute Gasteiger partial charge is 0.478 e. The van der Waals surface area contributed by atoms with E-state index < -0.39 is 15.8 Å². The van der Waals surface area contributed by atoms with Crippen molar-refractivity contribution in [2.45, 2.75) is 23.0 Å². The molecule has 0 radical (unpaired) electrons. The number of sulfone groups is 1. The summed E-state index contributed by atoms with van der Waals surface area (Å²) in [5, 5.41) is 11.2. The van der Waals surface area contributed by atoms with Gasteiger partial charge in [-0.05, 0) is 96.0 Å². The first kappa shape index (κ1) is 31.8. The first-order valence-corrected chi connectivity index (χ1v) is 17.4. The van der Waals surface area contributed by atoms with Crippen LogP contribution >= 0.6 is 35.0 Å². The lowest BCUT2D eigenvalue weighted by molar-refractivity contribution is 0.0697. The van der Waals surface area contributed by atoms with Gasteiger partial charge in [0.2, 0.25) is 0 Å². The normalized spacial score (nSPS) is 12.5. The molecule has 4 aromatic carbocycles. The van der Waals surface area contributed by atoms with Gasteiger partial charge in [-0.2, -0.15) is 11.8 Å². The minimum Gasteiger partial charge on any atom is -0.478 e. The second kappa shape index (κ2) is 14.4. The molecule has 5 rings (SSSR count). The summed E-state index contributed by atoms with van der Waals surface area (Å²) in [5.74, 6) is -0.229. The molecule has 0 amide bonds. The van der Waals surface area contributed by atoms with Crippen LogP contribution in [0, 0.1) is 0 Å². The first-order chi connectivity index (χ1) is 21.2. The molecule has 5 aromatic rings. The Bertz CT molecular complexity index is 1910. The number of halogens is 2. The zero-order valence-corrected chi connectivity index (χ0v) is 26.7. The Kier molecular flexibility index (Phi) is 10.4. The highest BCUT2D eigenvalue weighted by Gasteiger charge is 2.20. The number of pyridine rings is 1. The molecule has 1 N–H and O–H groups in total. The summed E-state index contributed by atoms with van der Waals surface area (Å²) in [4.78, 5) is 16.1. The third-order valence-corrected chi connectivity index (χ3v) is 10.7. The van der Waals surface area contributed by atoms with Gasteiger partial charge in [-0.15, -0.1) is 0 Å². The fourth-order valence-corrected chi connectivity index (χ4v) is 7.78. The molecule has 0 aliphatic carbocycles. The second-order valence-electron chi connectivity index (χ2n) is 10.2. The maximum Gasteiger partial charge on any atom is 0.335 e. The van der Waals surface area contributed by atoms with Gasteiger partial charge < -0.3 is 5.11 Å². The monoisotopic (exact) mass is 661 g/mol. The van der Waals surface area contributed by atoms with E-state index in [4.69, 9.17) is 28.2 Å². The van der Waals surface area contributed by atoms with Gasteiger partial charge in [-0.3, -0.25) is 0 Å². The topological polar surface area (TPSA) is 84.3 Å². The Hall–Kier alpha value is -3.62. The summed E-state index contributed by atoms with van der Waals surface area (Å²) in [6, 6.07) is 30.8. The standard InChI is InChI=1S/C35H29Cl2NO4S2/c36-29-12-16-32(17-13-29)44(41,42)21-19-34(43-20-18-24-4-7-27(8-5-24)35(39)40)28-3-1-2-25(22-28)6-14-31-15-10-26-9-11-30(37)23-33(26)38-31/h1-17,22-23,34H,18-21H2,(H,39,40)/b14-6+. The van der Waals surface area contributed by atoms with Crippen molar-refractivity contribution in [3.63, 3.8) is 0 Å². The van der Waals surface area contributed by atoms with Gasteiger partial charge >= 0.3 is 5.97 Å². The molecule has 0 spiro atoms. The molecule has 44 heavy (non-hydrogen) atoms. The average molecular weight is 663 g/mol. The van der Waals surface area contributed by atoms with Crippen molar-refractivity contribution in [1.82, 2.24) is 4.98 Å². The van der Waals surface area contributed by atoms with Gasteiger partial charge in [0.05, 0.1) is 27.4 Å². The van der Waals surface area contributed by atoms with E-state index in [1.165, 1.54) is 0 Å². The molecular weight excluding hydrogens is 633 g/mol. The first-order valence-electron chi connectivity index (χ1n) is 13.9. The molecule has 1 aromatic heterocycles. The number of nitrogens with zero attached hydrogens (tertiary/aromatic N) is 1. The zero-order chi connectivity index (χ0) is 31.1. The van der Waals surface area contributed by atoms with E-state index in [0.29, 0.717) is 16.5 Å². The fourth-order valence-electron chi connectivity index (χ4n) is 4.74. The lowest BCUT2D eigenvalue weighted by Gasteiger charge is -2.18. The Labute approximate surface area is 271 Å². The molecule has 5 nitrogen and oxygen atoms in total. The van der Waals surface area contributed by atoms with Crippen LogP contribution in [0.2, 0.25) is 10.0 Å². The Balaban J connectivity index is 1.34. The van der Waals surface area contributed by atoms with Crippen LogP contribution in [0.3, 0.4) is 0 Å². The molecule has 0 saturated heterocycles. The molecule has 0 fully saturated rings. The SMILES string of the molecule is O=C(O)c1ccc(CCSC(CCS(=O)(=O)c2ccc(Cl)cc2)c2cccc(/C=C/c3ccc4ccc(Cl)cc4n3)c2)cc1. The van der Waals surface area contributed by atoms with Crippen molar-refractivity contribution in [3.05, 3.63) is 141 Å². The number of aryl methyl sites for hydroxylation is 1. The van der Waals surface area contributed by atoms with Crippen molar-refractivity contribution >= 4 is 73.8 Å². The molecule has 9 heteroatoms. The fraction of sp³-hybridized carbons (Fsp3) is 0.143. The minimum absolute atomic E-state index is 0.0107. The maximum atomic E-state index is 13.2. The van der Waals surface area contributed by atoms with Gasteiger partial charge in [0.1, 0.15) is 0 Å². The molecule has 224 valence electrons. The van der Waals surface area contributed by atoms with E-state index >= 15 is 0 Å². The maximum absolute atomic E-state index is 13.2. The summed E-state index contributed by atoms with van der Waals surface area (Å²) in [6.45, 7) is 0. The van der Waals surface area contributed by atoms with Crippen LogP contribution in [-0.4, -0.2) is 36.0 Å². The number of carboxylic acid groups (broad SMARTS) is 1. The smallest absolute Gasteiger partial charge is 0.335 e. The number of carboxylic acids is 1. The van der Waals surface area contributed by atoms with Gasteiger partial charge in [0.15, 0.2) is 9.84 Å². The van der Waals surface area contributed by atoms with Crippen LogP contribution in [0.1, 0.15) is 44.4 Å². The molecule has 1 unspecified atom stereocenters. The summed E-state index contributed by atoms with van der Waals surface area (Å²) in [7, 11) is -3.51. The number of thioether (sulfide) groups is 1. The average Bonchev–Trinajstić information content (AvgIpc) is 3.02. The quantitative estimate of drug-likeness (QED) is 0.143. The number of aromatic carboxylic acids is 1. The Morgan fingerprint density at radius 1 is 0.864 bits per heavy atom. The highest BCUT2D eigenvalue weighted by atomic mass is 35.5. The van der Waals surface area contributed by atoms with Crippen LogP contribution < -0.4 is 0 Å². The number of hydrogen-bond acceptors (Lipinski definition) is 5. The van der Waals surface area contributed by atoms with Crippen LogP contribution in [0.4, 0.5) is 0 Å². The molecule has 0 aliphatic heterocycles. The van der Waals surface area contributed by atoms with E-state index in [9.17, 15) is 18.3 Å². The predicted octanol–water partition coefficient (Wildman–Crippen LogP) is 9.29. The summed E-state index contributed by atoms with van der Waals surface area (Å²) in [6.07, 6.45) is 5.10. The number of carbonyl (C=O) groups is 1. The highest BCUT2D eigenvalue weighted by molar-refractivity contribution is 7.99. The summed E-state index contributed by atoms with van der Waals surface area (Å²) in [5.41, 5.74) is 4.91. The van der Waals surface area contributed by atoms with Gasteiger partial charge in [-0.1, -0.05) is 77.8 Å². The van der Waals surface area contributed by atoms with E-state index in [1.807, 2.05) is 72.8 Å². The molecule has 1 heterocycles. The molecular formula is C35H29Cl2NO4S2. The van der Waals surface area contributed by atoms with E-state index in [1.54, 1.807) is 48.2 Å². The van der Waals surface area contributed by atoms with E-state index in [-0.39, 0.29) is 21.5 Å². The number of benzene rings is 4. The van der Waals surface area contributed by atoms with Gasteiger partial charge in [0.25, 0.3) is 0 Å².